The fraction of sp³-hybridized carbons (Fsp3) is 0.182. The molecule has 1 aromatic carbocycles. The summed E-state index contributed by atoms with van der Waals surface area (Å²) in [7, 11) is 0. The first-order valence-corrected chi connectivity index (χ1v) is 5.12. The smallest absolute Gasteiger partial charge is 0.275 e. The molecule has 0 heterocycles. The Morgan fingerprint density at radius 2 is 2.16 bits per heavy atom. The lowest BCUT2D eigenvalue weighted by Gasteiger charge is -2.09. The summed E-state index contributed by atoms with van der Waals surface area (Å²) in [5, 5.41) is 21.6. The third-order valence-corrected chi connectivity index (χ3v) is 2.38. The molecule has 8 nitrogen and oxygen atoms in total. The van der Waals surface area contributed by atoms with E-state index < -0.39 is 23.2 Å². The molecule has 98 valence electrons. The topological polar surface area (TPSA) is 139 Å². The largest absolute Gasteiger partial charge is 0.366 e. The first-order valence-electron chi connectivity index (χ1n) is 5.12. The van der Waals surface area contributed by atoms with Crippen LogP contribution < -0.4 is 11.1 Å². The summed E-state index contributed by atoms with van der Waals surface area (Å²) in [5.74, 6) is -1.47. The number of hydrogen-bond acceptors (Lipinski definition) is 5. The first-order chi connectivity index (χ1) is 8.86. The van der Waals surface area contributed by atoms with Gasteiger partial charge in [0.05, 0.1) is 22.2 Å². The molecule has 0 saturated heterocycles. The van der Waals surface area contributed by atoms with E-state index in [9.17, 15) is 19.7 Å². The Morgan fingerprint density at radius 1 is 1.53 bits per heavy atom. The number of nitro benzene ring substituents is 1. The molecule has 0 aliphatic rings. The van der Waals surface area contributed by atoms with Crippen LogP contribution >= 0.6 is 0 Å². The molecule has 1 rings (SSSR count). The number of anilines is 1. The predicted molar refractivity (Wildman–Crippen MR) is 65.2 cm³/mol. The van der Waals surface area contributed by atoms with Gasteiger partial charge in [-0.1, -0.05) is 0 Å². The standard InChI is InChI=1S/C11H10N4O4/c1-6-8(14-10(16)2-3-12)4-7(11(13)17)5-9(6)15(18)19/h4-5H,2H2,1H3,(H2,13,17)(H,14,16). The van der Waals surface area contributed by atoms with Crippen molar-refractivity contribution in [2.75, 3.05) is 5.32 Å². The molecule has 2 amide bonds. The Kier molecular flexibility index (Phi) is 4.15. The monoisotopic (exact) mass is 262 g/mol. The van der Waals surface area contributed by atoms with Gasteiger partial charge in [-0.15, -0.1) is 0 Å². The highest BCUT2D eigenvalue weighted by Crippen LogP contribution is 2.27. The van der Waals surface area contributed by atoms with Crippen molar-refractivity contribution in [1.29, 1.82) is 5.26 Å². The lowest BCUT2D eigenvalue weighted by Crippen LogP contribution is -2.15. The lowest BCUT2D eigenvalue weighted by molar-refractivity contribution is -0.385. The Morgan fingerprint density at radius 3 is 2.63 bits per heavy atom. The minimum atomic E-state index is -0.848. The SMILES string of the molecule is Cc1c(NC(=O)CC#N)cc(C(N)=O)cc1[N+](=O)[O-]. The molecule has 0 spiro atoms. The van der Waals surface area contributed by atoms with Gasteiger partial charge in [0.25, 0.3) is 5.69 Å². The Balaban J connectivity index is 3.30. The molecule has 19 heavy (non-hydrogen) atoms. The second kappa shape index (κ2) is 5.59. The van der Waals surface area contributed by atoms with Crippen molar-refractivity contribution >= 4 is 23.2 Å². The molecule has 0 aliphatic carbocycles. The number of benzene rings is 1. The summed E-state index contributed by atoms with van der Waals surface area (Å²) in [6.45, 7) is 1.42. The van der Waals surface area contributed by atoms with Gasteiger partial charge >= 0.3 is 0 Å². The summed E-state index contributed by atoms with van der Waals surface area (Å²) in [6, 6.07) is 3.92. The molecule has 0 radical (unpaired) electrons. The number of amides is 2. The number of hydrogen-bond donors (Lipinski definition) is 2. The van der Waals surface area contributed by atoms with Crippen molar-refractivity contribution in [3.8, 4) is 6.07 Å². The van der Waals surface area contributed by atoms with Gasteiger partial charge in [-0.05, 0) is 13.0 Å². The average Bonchev–Trinajstić information content (AvgIpc) is 2.31. The zero-order valence-corrected chi connectivity index (χ0v) is 9.97. The van der Waals surface area contributed by atoms with Crippen LogP contribution in [0, 0.1) is 28.4 Å². The van der Waals surface area contributed by atoms with E-state index in [4.69, 9.17) is 11.0 Å². The molecular weight excluding hydrogens is 252 g/mol. The van der Waals surface area contributed by atoms with E-state index in [1.807, 2.05) is 0 Å². The molecule has 1 aromatic rings. The lowest BCUT2D eigenvalue weighted by atomic mass is 10.1. The maximum Gasteiger partial charge on any atom is 0.275 e. The van der Waals surface area contributed by atoms with Gasteiger partial charge in [-0.2, -0.15) is 5.26 Å². The van der Waals surface area contributed by atoms with Crippen LogP contribution in [0.2, 0.25) is 0 Å². The molecule has 0 bridgehead atoms. The molecule has 0 aromatic heterocycles. The van der Waals surface area contributed by atoms with Crippen LogP contribution in [-0.4, -0.2) is 16.7 Å². The highest BCUT2D eigenvalue weighted by molar-refractivity contribution is 5.98. The number of rotatable bonds is 4. The summed E-state index contributed by atoms with van der Waals surface area (Å²) in [4.78, 5) is 32.6. The van der Waals surface area contributed by atoms with Gasteiger partial charge in [0.1, 0.15) is 6.42 Å². The van der Waals surface area contributed by atoms with Crippen LogP contribution in [0.15, 0.2) is 12.1 Å². The molecular formula is C11H10N4O4. The quantitative estimate of drug-likeness (QED) is 0.611. The Bertz CT molecular complexity index is 603. The molecule has 0 aliphatic heterocycles. The number of carbonyl (C=O) groups excluding carboxylic acids is 2. The van der Waals surface area contributed by atoms with Crippen LogP contribution in [0.5, 0.6) is 0 Å². The zero-order chi connectivity index (χ0) is 14.6. The average molecular weight is 262 g/mol. The normalized spacial score (nSPS) is 9.47. The van der Waals surface area contributed by atoms with Crippen molar-refractivity contribution in [2.45, 2.75) is 13.3 Å². The number of nitrogens with zero attached hydrogens (tertiary/aromatic N) is 2. The maximum atomic E-state index is 11.3. The Labute approximate surface area is 108 Å². The summed E-state index contributed by atoms with van der Waals surface area (Å²) in [5.41, 5.74) is 4.91. The maximum absolute atomic E-state index is 11.3. The highest BCUT2D eigenvalue weighted by Gasteiger charge is 2.19. The molecule has 0 saturated carbocycles. The number of nitriles is 1. The second-order valence-electron chi connectivity index (χ2n) is 3.67. The van der Waals surface area contributed by atoms with Crippen molar-refractivity contribution in [1.82, 2.24) is 0 Å². The van der Waals surface area contributed by atoms with Gasteiger partial charge in [-0.3, -0.25) is 19.7 Å². The minimum absolute atomic E-state index is 0.0863. The zero-order valence-electron chi connectivity index (χ0n) is 9.97. The first kappa shape index (κ1) is 14.1. The molecule has 0 unspecified atom stereocenters. The van der Waals surface area contributed by atoms with Crippen LogP contribution in [0.3, 0.4) is 0 Å². The molecule has 3 N–H and O–H groups in total. The van der Waals surface area contributed by atoms with Crippen LogP contribution in [0.4, 0.5) is 11.4 Å². The fourth-order valence-corrected chi connectivity index (χ4v) is 1.43. The van der Waals surface area contributed by atoms with Crippen LogP contribution in [0.1, 0.15) is 22.3 Å². The van der Waals surface area contributed by atoms with Crippen molar-refractivity contribution in [2.24, 2.45) is 5.73 Å². The van der Waals surface area contributed by atoms with Crippen LogP contribution in [0.25, 0.3) is 0 Å². The van der Waals surface area contributed by atoms with Gasteiger partial charge in [-0.25, -0.2) is 0 Å². The van der Waals surface area contributed by atoms with E-state index in [0.29, 0.717) is 0 Å². The van der Waals surface area contributed by atoms with Gasteiger partial charge in [0.15, 0.2) is 0 Å². The predicted octanol–water partition coefficient (Wildman–Crippen LogP) is 0.854. The summed E-state index contributed by atoms with van der Waals surface area (Å²) < 4.78 is 0. The molecule has 0 atom stereocenters. The number of primary amides is 1. The molecule has 8 heteroatoms. The Hall–Kier alpha value is -2.95. The second-order valence-corrected chi connectivity index (χ2v) is 3.67. The van der Waals surface area contributed by atoms with Crippen molar-refractivity contribution < 1.29 is 14.5 Å². The van der Waals surface area contributed by atoms with Crippen LogP contribution in [-0.2, 0) is 4.79 Å². The fourth-order valence-electron chi connectivity index (χ4n) is 1.43. The molecule has 0 fully saturated rings. The van der Waals surface area contributed by atoms with E-state index in [-0.39, 0.29) is 22.5 Å². The third-order valence-electron chi connectivity index (χ3n) is 2.38. The van der Waals surface area contributed by atoms with Gasteiger partial charge in [0.2, 0.25) is 11.8 Å². The summed E-state index contributed by atoms with van der Waals surface area (Å²) in [6.07, 6.45) is -0.395. The van der Waals surface area contributed by atoms with E-state index in [1.165, 1.54) is 13.0 Å². The number of carbonyl (C=O) groups is 2. The minimum Gasteiger partial charge on any atom is -0.366 e. The van der Waals surface area contributed by atoms with E-state index >= 15 is 0 Å². The van der Waals surface area contributed by atoms with E-state index in [2.05, 4.69) is 5.32 Å². The number of nitrogens with two attached hydrogens (primary N) is 1. The number of nitro groups is 1. The van der Waals surface area contributed by atoms with Gasteiger partial charge in [0, 0.05) is 11.6 Å². The van der Waals surface area contributed by atoms with E-state index in [0.717, 1.165) is 6.07 Å². The summed E-state index contributed by atoms with van der Waals surface area (Å²) >= 11 is 0. The van der Waals surface area contributed by atoms with Crippen molar-refractivity contribution in [3.05, 3.63) is 33.4 Å². The van der Waals surface area contributed by atoms with Crippen molar-refractivity contribution in [3.63, 3.8) is 0 Å². The van der Waals surface area contributed by atoms with E-state index in [1.54, 1.807) is 6.07 Å². The third kappa shape index (κ3) is 3.26. The highest BCUT2D eigenvalue weighted by atomic mass is 16.6. The number of nitrogens with one attached hydrogen (secondary N) is 1. The van der Waals surface area contributed by atoms with Gasteiger partial charge < -0.3 is 11.1 Å².